The SMILES string of the molecule is COc1ccc(OCCNC(=O)CN(C2CCCCC2)S(C)(=O)=O)cc1. The number of rotatable bonds is 9. The van der Waals surface area contributed by atoms with E-state index >= 15 is 0 Å². The van der Waals surface area contributed by atoms with E-state index in [1.807, 2.05) is 0 Å². The van der Waals surface area contributed by atoms with Gasteiger partial charge in [-0.1, -0.05) is 19.3 Å². The molecule has 0 spiro atoms. The second kappa shape index (κ2) is 9.78. The summed E-state index contributed by atoms with van der Waals surface area (Å²) in [6.45, 7) is 0.486. The first-order chi connectivity index (χ1) is 12.4. The monoisotopic (exact) mass is 384 g/mol. The number of carbonyl (C=O) groups excluding carboxylic acids is 1. The second-order valence-electron chi connectivity index (χ2n) is 6.47. The fourth-order valence-electron chi connectivity index (χ4n) is 3.11. The third-order valence-electron chi connectivity index (χ3n) is 4.46. The Balaban J connectivity index is 1.76. The Labute approximate surface area is 155 Å². The molecule has 1 fully saturated rings. The molecule has 2 rings (SSSR count). The summed E-state index contributed by atoms with van der Waals surface area (Å²) in [6.07, 6.45) is 5.95. The zero-order chi connectivity index (χ0) is 19.0. The Hall–Kier alpha value is -1.80. The molecule has 0 aromatic heterocycles. The number of carbonyl (C=O) groups is 1. The topological polar surface area (TPSA) is 84.9 Å². The smallest absolute Gasteiger partial charge is 0.235 e. The summed E-state index contributed by atoms with van der Waals surface area (Å²) in [6, 6.07) is 7.09. The van der Waals surface area contributed by atoms with Crippen LogP contribution in [0.4, 0.5) is 0 Å². The third-order valence-corrected chi connectivity index (χ3v) is 5.74. The van der Waals surface area contributed by atoms with Crippen molar-refractivity contribution in [2.75, 3.05) is 33.1 Å². The maximum Gasteiger partial charge on any atom is 0.235 e. The van der Waals surface area contributed by atoms with E-state index in [-0.39, 0.29) is 18.5 Å². The number of amides is 1. The molecular weight excluding hydrogens is 356 g/mol. The summed E-state index contributed by atoms with van der Waals surface area (Å²) >= 11 is 0. The molecule has 0 heterocycles. The van der Waals surface area contributed by atoms with Crippen LogP contribution >= 0.6 is 0 Å². The Kier molecular flexibility index (Phi) is 7.71. The summed E-state index contributed by atoms with van der Waals surface area (Å²) in [5.41, 5.74) is 0. The van der Waals surface area contributed by atoms with Crippen LogP contribution in [0.5, 0.6) is 11.5 Å². The molecule has 0 atom stereocenters. The largest absolute Gasteiger partial charge is 0.497 e. The van der Waals surface area contributed by atoms with Crippen molar-refractivity contribution in [1.29, 1.82) is 0 Å². The molecule has 7 nitrogen and oxygen atoms in total. The van der Waals surface area contributed by atoms with Gasteiger partial charge in [0.15, 0.2) is 0 Å². The molecule has 1 saturated carbocycles. The van der Waals surface area contributed by atoms with Crippen molar-refractivity contribution in [3.8, 4) is 11.5 Å². The van der Waals surface area contributed by atoms with Gasteiger partial charge in [-0.2, -0.15) is 4.31 Å². The highest BCUT2D eigenvalue weighted by atomic mass is 32.2. The molecule has 1 aromatic carbocycles. The van der Waals surface area contributed by atoms with Gasteiger partial charge < -0.3 is 14.8 Å². The minimum Gasteiger partial charge on any atom is -0.497 e. The summed E-state index contributed by atoms with van der Waals surface area (Å²) < 4.78 is 36.0. The molecule has 1 aliphatic rings. The first-order valence-electron chi connectivity index (χ1n) is 8.90. The van der Waals surface area contributed by atoms with Gasteiger partial charge in [0.05, 0.1) is 26.5 Å². The summed E-state index contributed by atoms with van der Waals surface area (Å²) in [5, 5.41) is 2.72. The number of hydrogen-bond donors (Lipinski definition) is 1. The van der Waals surface area contributed by atoms with E-state index in [4.69, 9.17) is 9.47 Å². The van der Waals surface area contributed by atoms with E-state index in [1.54, 1.807) is 31.4 Å². The number of nitrogens with zero attached hydrogens (tertiary/aromatic N) is 1. The summed E-state index contributed by atoms with van der Waals surface area (Å²) in [4.78, 5) is 12.1. The van der Waals surface area contributed by atoms with Crippen LogP contribution < -0.4 is 14.8 Å². The quantitative estimate of drug-likeness (QED) is 0.656. The highest BCUT2D eigenvalue weighted by Gasteiger charge is 2.29. The van der Waals surface area contributed by atoms with Gasteiger partial charge in [0.1, 0.15) is 18.1 Å². The Morgan fingerprint density at radius 3 is 2.35 bits per heavy atom. The Morgan fingerprint density at radius 1 is 1.15 bits per heavy atom. The van der Waals surface area contributed by atoms with E-state index in [0.29, 0.717) is 18.9 Å². The van der Waals surface area contributed by atoms with Gasteiger partial charge in [-0.05, 0) is 37.1 Å². The average molecular weight is 384 g/mol. The highest BCUT2D eigenvalue weighted by molar-refractivity contribution is 7.88. The zero-order valence-corrected chi connectivity index (χ0v) is 16.3. The molecule has 0 unspecified atom stereocenters. The maximum atomic E-state index is 12.1. The fraction of sp³-hybridized carbons (Fsp3) is 0.611. The van der Waals surface area contributed by atoms with Gasteiger partial charge in [-0.15, -0.1) is 0 Å². The lowest BCUT2D eigenvalue weighted by Gasteiger charge is -2.31. The van der Waals surface area contributed by atoms with Crippen molar-refractivity contribution in [3.63, 3.8) is 0 Å². The van der Waals surface area contributed by atoms with E-state index in [0.717, 1.165) is 37.9 Å². The minimum absolute atomic E-state index is 0.0694. The summed E-state index contributed by atoms with van der Waals surface area (Å²) in [7, 11) is -1.81. The van der Waals surface area contributed by atoms with Crippen molar-refractivity contribution in [2.45, 2.75) is 38.1 Å². The molecule has 0 bridgehead atoms. The van der Waals surface area contributed by atoms with Gasteiger partial charge in [-0.3, -0.25) is 4.79 Å². The van der Waals surface area contributed by atoms with E-state index in [1.165, 1.54) is 10.6 Å². The van der Waals surface area contributed by atoms with Gasteiger partial charge >= 0.3 is 0 Å². The maximum absolute atomic E-state index is 12.1. The van der Waals surface area contributed by atoms with Crippen LogP contribution in [0.2, 0.25) is 0 Å². The number of ether oxygens (including phenoxy) is 2. The normalized spacial score (nSPS) is 15.7. The van der Waals surface area contributed by atoms with E-state index in [2.05, 4.69) is 5.32 Å². The fourth-order valence-corrected chi connectivity index (χ4v) is 4.22. The van der Waals surface area contributed by atoms with Crippen LogP contribution in [0.25, 0.3) is 0 Å². The molecule has 0 aliphatic heterocycles. The number of nitrogens with one attached hydrogen (secondary N) is 1. The first kappa shape index (κ1) is 20.5. The summed E-state index contributed by atoms with van der Waals surface area (Å²) in [5.74, 6) is 1.12. The number of sulfonamides is 1. The molecule has 146 valence electrons. The van der Waals surface area contributed by atoms with Crippen LogP contribution in [0.1, 0.15) is 32.1 Å². The standard InChI is InChI=1S/C18H28N2O5S/c1-24-16-8-10-17(11-9-16)25-13-12-19-18(21)14-20(26(2,22)23)15-6-4-3-5-7-15/h8-11,15H,3-7,12-14H2,1-2H3,(H,19,21). The molecule has 1 aliphatic carbocycles. The average Bonchev–Trinajstić information content (AvgIpc) is 2.63. The van der Waals surface area contributed by atoms with Gasteiger partial charge in [0, 0.05) is 6.04 Å². The van der Waals surface area contributed by atoms with Crippen molar-refractivity contribution in [3.05, 3.63) is 24.3 Å². The van der Waals surface area contributed by atoms with Crippen molar-refractivity contribution >= 4 is 15.9 Å². The molecule has 0 radical (unpaired) electrons. The molecule has 1 N–H and O–H groups in total. The third kappa shape index (κ3) is 6.49. The molecule has 8 heteroatoms. The molecular formula is C18H28N2O5S. The van der Waals surface area contributed by atoms with Gasteiger partial charge in [0.25, 0.3) is 0 Å². The second-order valence-corrected chi connectivity index (χ2v) is 8.41. The van der Waals surface area contributed by atoms with Gasteiger partial charge in [0.2, 0.25) is 15.9 Å². The Bertz CT molecular complexity index is 669. The highest BCUT2D eigenvalue weighted by Crippen LogP contribution is 2.24. The van der Waals surface area contributed by atoms with Crippen LogP contribution in [-0.4, -0.2) is 57.7 Å². The molecule has 1 amide bonds. The number of hydrogen-bond acceptors (Lipinski definition) is 5. The van der Waals surface area contributed by atoms with Crippen LogP contribution in [0, 0.1) is 0 Å². The molecule has 1 aromatic rings. The zero-order valence-electron chi connectivity index (χ0n) is 15.4. The van der Waals surface area contributed by atoms with Crippen molar-refractivity contribution < 1.29 is 22.7 Å². The predicted octanol–water partition coefficient (Wildman–Crippen LogP) is 1.78. The number of methoxy groups -OCH3 is 1. The van der Waals surface area contributed by atoms with Crippen LogP contribution in [0.3, 0.4) is 0 Å². The van der Waals surface area contributed by atoms with E-state index < -0.39 is 10.0 Å². The lowest BCUT2D eigenvalue weighted by Crippen LogP contribution is -2.47. The van der Waals surface area contributed by atoms with Crippen LogP contribution in [0.15, 0.2) is 24.3 Å². The lowest BCUT2D eigenvalue weighted by atomic mass is 9.95. The van der Waals surface area contributed by atoms with E-state index in [9.17, 15) is 13.2 Å². The first-order valence-corrected chi connectivity index (χ1v) is 10.8. The van der Waals surface area contributed by atoms with Crippen LogP contribution in [-0.2, 0) is 14.8 Å². The van der Waals surface area contributed by atoms with Crippen molar-refractivity contribution in [1.82, 2.24) is 9.62 Å². The minimum atomic E-state index is -3.41. The number of benzene rings is 1. The molecule has 26 heavy (non-hydrogen) atoms. The Morgan fingerprint density at radius 2 is 1.77 bits per heavy atom. The van der Waals surface area contributed by atoms with Gasteiger partial charge in [-0.25, -0.2) is 8.42 Å². The molecule has 0 saturated heterocycles. The lowest BCUT2D eigenvalue weighted by molar-refractivity contribution is -0.121. The van der Waals surface area contributed by atoms with Crippen molar-refractivity contribution in [2.24, 2.45) is 0 Å². The predicted molar refractivity (Wildman–Crippen MR) is 99.9 cm³/mol.